The molecule has 8 heteroatoms. The van der Waals surface area contributed by atoms with E-state index in [9.17, 15) is 4.79 Å². The highest BCUT2D eigenvalue weighted by atomic mass is 35.5. The summed E-state index contributed by atoms with van der Waals surface area (Å²) in [5, 5.41) is 0.688. The smallest absolute Gasteiger partial charge is 0.223 e. The summed E-state index contributed by atoms with van der Waals surface area (Å²) in [5.41, 5.74) is 2.98. The van der Waals surface area contributed by atoms with E-state index in [-0.39, 0.29) is 12.0 Å². The summed E-state index contributed by atoms with van der Waals surface area (Å²) < 4.78 is 6.17. The number of aromatic nitrogens is 2. The number of benzene rings is 1. The van der Waals surface area contributed by atoms with Crippen LogP contribution in [0.2, 0.25) is 5.02 Å². The third-order valence-electron chi connectivity index (χ3n) is 6.26. The molecule has 0 radical (unpaired) electrons. The van der Waals surface area contributed by atoms with Crippen molar-refractivity contribution in [1.82, 2.24) is 19.8 Å². The minimum Gasteiger partial charge on any atom is -0.489 e. The number of hydrogen-bond acceptors (Lipinski definition) is 6. The molecule has 0 bridgehead atoms. The maximum absolute atomic E-state index is 12.9. The summed E-state index contributed by atoms with van der Waals surface area (Å²) in [6.07, 6.45) is 3.33. The molecule has 2 aromatic rings. The van der Waals surface area contributed by atoms with Crippen molar-refractivity contribution in [2.75, 3.05) is 44.2 Å². The van der Waals surface area contributed by atoms with E-state index in [2.05, 4.69) is 26.7 Å². The van der Waals surface area contributed by atoms with Crippen LogP contribution in [0.25, 0.3) is 0 Å². The van der Waals surface area contributed by atoms with E-state index in [1.165, 1.54) is 0 Å². The Kier molecular flexibility index (Phi) is 7.16. The highest BCUT2D eigenvalue weighted by Gasteiger charge is 2.26. The molecular weight excluding hydrogens is 426 g/mol. The van der Waals surface area contributed by atoms with E-state index in [0.717, 1.165) is 80.8 Å². The van der Waals surface area contributed by atoms with Gasteiger partial charge in [0.2, 0.25) is 5.91 Å². The maximum Gasteiger partial charge on any atom is 0.223 e. The zero-order valence-corrected chi connectivity index (χ0v) is 19.9. The van der Waals surface area contributed by atoms with Crippen LogP contribution in [-0.2, 0) is 11.3 Å². The number of aryl methyl sites for hydroxylation is 2. The number of carbonyl (C=O) groups excluding carboxylic acids is 1. The lowest BCUT2D eigenvalue weighted by Gasteiger charge is -2.36. The molecule has 7 nitrogen and oxygen atoms in total. The number of nitrogens with zero attached hydrogens (tertiary/aromatic N) is 5. The van der Waals surface area contributed by atoms with Gasteiger partial charge in [-0.15, -0.1) is 0 Å². The van der Waals surface area contributed by atoms with Crippen molar-refractivity contribution in [2.24, 2.45) is 0 Å². The molecule has 1 fully saturated rings. The first-order valence-electron chi connectivity index (χ1n) is 11.4. The van der Waals surface area contributed by atoms with E-state index in [4.69, 9.17) is 16.3 Å². The molecule has 3 heterocycles. The Morgan fingerprint density at radius 3 is 2.75 bits per heavy atom. The predicted octanol–water partition coefficient (Wildman–Crippen LogP) is 3.46. The number of ether oxygens (including phenoxy) is 1. The molecule has 1 unspecified atom stereocenters. The van der Waals surface area contributed by atoms with Crippen LogP contribution in [0.5, 0.6) is 5.75 Å². The standard InChI is InChI=1S/C24H32ClN5O2/c1-4-21-16-28(15-19-5-6-20(25)13-22(19)32-21)8-7-23(31)29-9-11-30(12-10-29)24-18(3)26-14-17(2)27-24/h5-6,13-14,21H,4,7-12,15-16H2,1-3H3. The molecule has 1 aromatic heterocycles. The van der Waals surface area contributed by atoms with Crippen LogP contribution < -0.4 is 9.64 Å². The normalized spacial score (nSPS) is 19.3. The number of hydrogen-bond donors (Lipinski definition) is 0. The molecule has 0 aliphatic carbocycles. The first-order chi connectivity index (χ1) is 15.4. The quantitative estimate of drug-likeness (QED) is 0.685. The second-order valence-electron chi connectivity index (χ2n) is 8.67. The molecule has 2 aliphatic heterocycles. The number of amides is 1. The number of fused-ring (bicyclic) bond motifs is 1. The van der Waals surface area contributed by atoms with Crippen molar-refractivity contribution in [3.63, 3.8) is 0 Å². The van der Waals surface area contributed by atoms with E-state index in [1.54, 1.807) is 6.20 Å². The summed E-state index contributed by atoms with van der Waals surface area (Å²) >= 11 is 6.16. The first kappa shape index (κ1) is 22.8. The van der Waals surface area contributed by atoms with Crippen LogP contribution in [0, 0.1) is 13.8 Å². The van der Waals surface area contributed by atoms with Gasteiger partial charge in [0.15, 0.2) is 0 Å². The van der Waals surface area contributed by atoms with Crippen LogP contribution in [-0.4, -0.2) is 71.0 Å². The lowest BCUT2D eigenvalue weighted by molar-refractivity contribution is -0.131. The highest BCUT2D eigenvalue weighted by molar-refractivity contribution is 6.30. The van der Waals surface area contributed by atoms with Crippen molar-refractivity contribution in [2.45, 2.75) is 46.3 Å². The molecule has 0 spiro atoms. The molecule has 1 atom stereocenters. The fraction of sp³-hybridized carbons (Fsp3) is 0.542. The molecule has 0 saturated carbocycles. The molecular formula is C24H32ClN5O2. The zero-order chi connectivity index (χ0) is 22.7. The Morgan fingerprint density at radius 1 is 1.22 bits per heavy atom. The molecule has 1 saturated heterocycles. The SMILES string of the molecule is CCC1CN(CCC(=O)N2CCN(c3nc(C)cnc3C)CC2)Cc2ccc(Cl)cc2O1. The van der Waals surface area contributed by atoms with Crippen molar-refractivity contribution >= 4 is 23.3 Å². The van der Waals surface area contributed by atoms with Crippen molar-refractivity contribution < 1.29 is 9.53 Å². The lowest BCUT2D eigenvalue weighted by atomic mass is 10.2. The van der Waals surface area contributed by atoms with Gasteiger partial charge < -0.3 is 14.5 Å². The minimum absolute atomic E-state index is 0.104. The van der Waals surface area contributed by atoms with Gasteiger partial charge >= 0.3 is 0 Å². The molecule has 1 aromatic carbocycles. The number of carbonyl (C=O) groups is 1. The van der Waals surface area contributed by atoms with Crippen molar-refractivity contribution in [1.29, 1.82) is 0 Å². The highest BCUT2D eigenvalue weighted by Crippen LogP contribution is 2.29. The summed E-state index contributed by atoms with van der Waals surface area (Å²) in [6, 6.07) is 5.83. The van der Waals surface area contributed by atoms with Crippen molar-refractivity contribution in [3.05, 3.63) is 46.4 Å². The number of rotatable bonds is 5. The van der Waals surface area contributed by atoms with Gasteiger partial charge in [0.25, 0.3) is 0 Å². The molecule has 32 heavy (non-hydrogen) atoms. The summed E-state index contributed by atoms with van der Waals surface area (Å²) in [7, 11) is 0. The van der Waals surface area contributed by atoms with Gasteiger partial charge in [-0.3, -0.25) is 14.7 Å². The zero-order valence-electron chi connectivity index (χ0n) is 19.2. The predicted molar refractivity (Wildman–Crippen MR) is 126 cm³/mol. The molecule has 0 N–H and O–H groups in total. The Balaban J connectivity index is 1.32. The van der Waals surface area contributed by atoms with Gasteiger partial charge in [-0.05, 0) is 32.4 Å². The Bertz CT molecular complexity index is 961. The van der Waals surface area contributed by atoms with E-state index >= 15 is 0 Å². The minimum atomic E-state index is 0.104. The summed E-state index contributed by atoms with van der Waals surface area (Å²) in [6.45, 7) is 11.4. The molecule has 4 rings (SSSR count). The van der Waals surface area contributed by atoms with Gasteiger partial charge in [-0.25, -0.2) is 4.98 Å². The maximum atomic E-state index is 12.9. The van der Waals surface area contributed by atoms with Crippen LogP contribution in [0.1, 0.15) is 36.7 Å². The van der Waals surface area contributed by atoms with Gasteiger partial charge in [0.05, 0.1) is 11.4 Å². The topological polar surface area (TPSA) is 61.8 Å². The average Bonchev–Trinajstić information content (AvgIpc) is 2.97. The summed E-state index contributed by atoms with van der Waals surface area (Å²) in [4.78, 5) is 28.5. The fourth-order valence-electron chi connectivity index (χ4n) is 4.37. The largest absolute Gasteiger partial charge is 0.489 e. The van der Waals surface area contributed by atoms with Crippen molar-refractivity contribution in [3.8, 4) is 5.75 Å². The third-order valence-corrected chi connectivity index (χ3v) is 6.49. The van der Waals surface area contributed by atoms with Gasteiger partial charge in [-0.2, -0.15) is 0 Å². The van der Waals surface area contributed by atoms with Crippen LogP contribution in [0.15, 0.2) is 24.4 Å². The Morgan fingerprint density at radius 2 is 2.00 bits per heavy atom. The number of piperazine rings is 1. The van der Waals surface area contributed by atoms with Crippen LogP contribution >= 0.6 is 11.6 Å². The van der Waals surface area contributed by atoms with Gasteiger partial charge in [-0.1, -0.05) is 24.6 Å². The molecule has 172 valence electrons. The lowest BCUT2D eigenvalue weighted by Crippen LogP contribution is -2.49. The Labute approximate surface area is 195 Å². The second kappa shape index (κ2) is 10.0. The molecule has 1 amide bonds. The van der Waals surface area contributed by atoms with Gasteiger partial charge in [0.1, 0.15) is 17.7 Å². The number of anilines is 1. The van der Waals surface area contributed by atoms with E-state index in [1.807, 2.05) is 36.9 Å². The fourth-order valence-corrected chi connectivity index (χ4v) is 4.53. The monoisotopic (exact) mass is 457 g/mol. The van der Waals surface area contributed by atoms with Crippen LogP contribution in [0.3, 0.4) is 0 Å². The molecule has 2 aliphatic rings. The Hall–Kier alpha value is -2.38. The first-order valence-corrected chi connectivity index (χ1v) is 11.8. The van der Waals surface area contributed by atoms with Gasteiger partial charge in [0, 0.05) is 69.0 Å². The summed E-state index contributed by atoms with van der Waals surface area (Å²) in [5.74, 6) is 2.01. The van der Waals surface area contributed by atoms with Crippen LogP contribution in [0.4, 0.5) is 5.82 Å². The third kappa shape index (κ3) is 5.33. The van der Waals surface area contributed by atoms with E-state index < -0.39 is 0 Å². The second-order valence-corrected chi connectivity index (χ2v) is 9.11. The van der Waals surface area contributed by atoms with E-state index in [0.29, 0.717) is 11.4 Å². The average molecular weight is 458 g/mol. The number of halogens is 1.